The summed E-state index contributed by atoms with van der Waals surface area (Å²) < 4.78 is 67.0. The number of hydrogen-bond donors (Lipinski definition) is 2. The molecule has 0 bridgehead atoms. The van der Waals surface area contributed by atoms with Crippen LogP contribution in [-0.2, 0) is 20.2 Å². The van der Waals surface area contributed by atoms with Crippen molar-refractivity contribution in [2.45, 2.75) is 9.79 Å². The van der Waals surface area contributed by atoms with Gasteiger partial charge in [-0.1, -0.05) is 42.5 Å². The lowest BCUT2D eigenvalue weighted by Gasteiger charge is -2.12. The molecule has 144 valence electrons. The van der Waals surface area contributed by atoms with E-state index in [0.29, 0.717) is 5.56 Å². The maximum absolute atomic E-state index is 11.9. The van der Waals surface area contributed by atoms with Crippen molar-refractivity contribution in [1.29, 1.82) is 0 Å². The molecule has 0 aliphatic heterocycles. The second kappa shape index (κ2) is 8.74. The molecule has 2 N–H and O–H groups in total. The minimum atomic E-state index is -5.19. The third kappa shape index (κ3) is 5.10. The molecule has 0 saturated carbocycles. The van der Waals surface area contributed by atoms with E-state index < -0.39 is 35.7 Å². The van der Waals surface area contributed by atoms with Crippen molar-refractivity contribution in [3.05, 3.63) is 47.5 Å². The number of nitrogens with zero attached hydrogens (tertiary/aromatic N) is 2. The van der Waals surface area contributed by atoms with Gasteiger partial charge in [0.2, 0.25) is 0 Å². The zero-order valence-corrected chi connectivity index (χ0v) is 16.9. The minimum absolute atomic E-state index is 0.250. The molecule has 0 spiro atoms. The van der Waals surface area contributed by atoms with E-state index in [4.69, 9.17) is 0 Å². The monoisotopic (exact) mass is 454 g/mol. The lowest BCUT2D eigenvalue weighted by molar-refractivity contribution is 0.466. The lowest BCUT2D eigenvalue weighted by atomic mass is 10.1. The summed E-state index contributed by atoms with van der Waals surface area (Å²) in [6.07, 6.45) is 2.69. The van der Waals surface area contributed by atoms with Gasteiger partial charge in [-0.15, -0.1) is 0 Å². The van der Waals surface area contributed by atoms with Gasteiger partial charge in [-0.25, -0.2) is 0 Å². The van der Waals surface area contributed by atoms with Crippen LogP contribution in [0.1, 0.15) is 11.1 Å². The largest absolute Gasteiger partial charge is 0.298 e. The van der Waals surface area contributed by atoms with E-state index in [2.05, 4.69) is 34.4 Å². The topological polar surface area (TPSA) is 133 Å². The predicted octanol–water partition coefficient (Wildman–Crippen LogP) is 3.82. The first kappa shape index (κ1) is 21.9. The standard InChI is InChI=1S/C16H10N2O6S4/c19-27(20,21)15-12(7-6-11-4-2-1-3-5-11)8-13(17-9-25)14(18-10-26)16(15)28(22,23)24/h1-8H,(H,19,20,21)(H,22,23,24). The SMILES string of the molecule is O=S(=O)(O)c1c(C=Cc2ccccc2)cc(N=C=S)c(N=C=S)c1S(=O)(=O)O. The molecule has 12 heteroatoms. The van der Waals surface area contributed by atoms with Crippen molar-refractivity contribution < 1.29 is 25.9 Å². The molecule has 28 heavy (non-hydrogen) atoms. The highest BCUT2D eigenvalue weighted by Crippen LogP contribution is 2.41. The fourth-order valence-corrected chi connectivity index (χ4v) is 4.63. The van der Waals surface area contributed by atoms with Gasteiger partial charge in [-0.05, 0) is 41.6 Å². The van der Waals surface area contributed by atoms with Crippen molar-refractivity contribution in [3.8, 4) is 0 Å². The van der Waals surface area contributed by atoms with Crippen molar-refractivity contribution in [3.63, 3.8) is 0 Å². The third-order valence-corrected chi connectivity index (χ3v) is 5.49. The first-order valence-corrected chi connectivity index (χ1v) is 10.8. The minimum Gasteiger partial charge on any atom is -0.282 e. The Bertz CT molecular complexity index is 1260. The van der Waals surface area contributed by atoms with Crippen molar-refractivity contribution >= 4 is 78.5 Å². The number of thiocarbonyl (C=S) groups is 2. The van der Waals surface area contributed by atoms with Gasteiger partial charge in [-0.3, -0.25) is 9.11 Å². The molecule has 0 amide bonds. The molecule has 0 aliphatic rings. The first-order valence-electron chi connectivity index (χ1n) is 7.14. The predicted molar refractivity (Wildman–Crippen MR) is 111 cm³/mol. The number of aliphatic imine (C=N–C) groups is 2. The fraction of sp³-hybridized carbons (Fsp3) is 0. The molecule has 8 nitrogen and oxygen atoms in total. The Hall–Kier alpha value is -2.40. The number of rotatable bonds is 6. The van der Waals surface area contributed by atoms with Crippen molar-refractivity contribution in [2.24, 2.45) is 9.98 Å². The van der Waals surface area contributed by atoms with Gasteiger partial charge in [0.25, 0.3) is 20.2 Å². The fourth-order valence-electron chi connectivity index (χ4n) is 2.30. The highest BCUT2D eigenvalue weighted by Gasteiger charge is 2.32. The van der Waals surface area contributed by atoms with Crippen LogP contribution in [-0.4, -0.2) is 36.3 Å². The highest BCUT2D eigenvalue weighted by atomic mass is 32.2. The van der Waals surface area contributed by atoms with Gasteiger partial charge >= 0.3 is 0 Å². The average molecular weight is 455 g/mol. The van der Waals surface area contributed by atoms with Crippen LogP contribution in [0, 0.1) is 0 Å². The average Bonchev–Trinajstić information content (AvgIpc) is 2.60. The molecule has 0 aromatic heterocycles. The van der Waals surface area contributed by atoms with E-state index in [1.807, 2.05) is 10.3 Å². The van der Waals surface area contributed by atoms with E-state index in [9.17, 15) is 25.9 Å². The highest BCUT2D eigenvalue weighted by molar-refractivity contribution is 7.89. The second-order valence-electron chi connectivity index (χ2n) is 5.09. The zero-order chi connectivity index (χ0) is 20.9. The van der Waals surface area contributed by atoms with E-state index in [-0.39, 0.29) is 11.3 Å². The summed E-state index contributed by atoms with van der Waals surface area (Å²) in [4.78, 5) is 4.82. The summed E-state index contributed by atoms with van der Waals surface area (Å²) in [5, 5.41) is 3.86. The third-order valence-electron chi connectivity index (χ3n) is 3.31. The van der Waals surface area contributed by atoms with Crippen LogP contribution >= 0.6 is 24.4 Å². The van der Waals surface area contributed by atoms with E-state index in [0.717, 1.165) is 6.07 Å². The summed E-state index contributed by atoms with van der Waals surface area (Å²) in [6.45, 7) is 0. The van der Waals surface area contributed by atoms with Gasteiger partial charge in [-0.2, -0.15) is 26.8 Å². The Morgan fingerprint density at radius 3 is 1.93 bits per heavy atom. The Kier molecular flexibility index (Phi) is 6.83. The number of benzene rings is 2. The molecule has 0 aliphatic carbocycles. The lowest BCUT2D eigenvalue weighted by Crippen LogP contribution is -2.11. The Labute approximate surface area is 171 Å². The quantitative estimate of drug-likeness (QED) is 0.291. The smallest absolute Gasteiger partial charge is 0.282 e. The van der Waals surface area contributed by atoms with Gasteiger partial charge < -0.3 is 0 Å². The maximum atomic E-state index is 11.9. The Balaban J connectivity index is 3.03. The van der Waals surface area contributed by atoms with Crippen LogP contribution in [0.25, 0.3) is 12.2 Å². The number of isothiocyanates is 2. The molecule has 2 rings (SSSR count). The van der Waals surface area contributed by atoms with Crippen LogP contribution < -0.4 is 0 Å². The van der Waals surface area contributed by atoms with Crippen LogP contribution in [0.5, 0.6) is 0 Å². The van der Waals surface area contributed by atoms with Gasteiger partial charge in [0, 0.05) is 0 Å². The molecule has 0 atom stereocenters. The normalized spacial score (nSPS) is 11.6. The zero-order valence-electron chi connectivity index (χ0n) is 13.7. The van der Waals surface area contributed by atoms with Crippen LogP contribution in [0.4, 0.5) is 11.4 Å². The molecule has 0 radical (unpaired) electrons. The second-order valence-corrected chi connectivity index (χ2v) is 8.17. The van der Waals surface area contributed by atoms with Gasteiger partial charge in [0.1, 0.15) is 21.2 Å². The Morgan fingerprint density at radius 2 is 1.43 bits per heavy atom. The van der Waals surface area contributed by atoms with Gasteiger partial charge in [0.05, 0.1) is 10.3 Å². The van der Waals surface area contributed by atoms with Gasteiger partial charge in [0.15, 0.2) is 0 Å². The van der Waals surface area contributed by atoms with Crippen LogP contribution in [0.2, 0.25) is 0 Å². The summed E-state index contributed by atoms with van der Waals surface area (Å²) in [6, 6.07) is 9.73. The summed E-state index contributed by atoms with van der Waals surface area (Å²) in [5.41, 5.74) is -0.538. The molecular weight excluding hydrogens is 444 g/mol. The summed E-state index contributed by atoms with van der Waals surface area (Å²) in [7, 11) is -10.3. The molecule has 2 aromatic carbocycles. The van der Waals surface area contributed by atoms with E-state index in [1.165, 1.54) is 12.2 Å². The summed E-state index contributed by atoms with van der Waals surface area (Å²) in [5.74, 6) is 0. The molecule has 2 aromatic rings. The van der Waals surface area contributed by atoms with Crippen molar-refractivity contribution in [2.75, 3.05) is 0 Å². The van der Waals surface area contributed by atoms with Crippen LogP contribution in [0.15, 0.2) is 56.2 Å². The number of hydrogen-bond acceptors (Lipinski definition) is 8. The molecule has 0 heterocycles. The summed E-state index contributed by atoms with van der Waals surface area (Å²) >= 11 is 8.94. The maximum Gasteiger partial charge on any atom is 0.298 e. The van der Waals surface area contributed by atoms with E-state index >= 15 is 0 Å². The molecule has 0 unspecified atom stereocenters. The Morgan fingerprint density at radius 1 is 0.857 bits per heavy atom. The first-order chi connectivity index (χ1) is 13.1. The molecular formula is C16H10N2O6S4. The van der Waals surface area contributed by atoms with Crippen LogP contribution in [0.3, 0.4) is 0 Å². The van der Waals surface area contributed by atoms with E-state index in [1.54, 1.807) is 30.3 Å². The molecule has 0 saturated heterocycles. The molecule has 0 fully saturated rings. The van der Waals surface area contributed by atoms with Crippen molar-refractivity contribution in [1.82, 2.24) is 0 Å².